The first-order chi connectivity index (χ1) is 8.42. The molecule has 0 amide bonds. The topological polar surface area (TPSA) is 40.5 Å². The molecule has 18 heavy (non-hydrogen) atoms. The monoisotopic (exact) mass is 247 g/mol. The lowest BCUT2D eigenvalue weighted by Crippen LogP contribution is -2.28. The Morgan fingerprint density at radius 1 is 1.39 bits per heavy atom. The minimum Gasteiger partial charge on any atom is -0.481 e. The second-order valence-electron chi connectivity index (χ2n) is 5.72. The zero-order chi connectivity index (χ0) is 13.3. The van der Waals surface area contributed by atoms with E-state index in [-0.39, 0.29) is 5.41 Å². The first-order valence-corrected chi connectivity index (χ1v) is 6.42. The molecule has 0 saturated heterocycles. The molecule has 0 aromatic heterocycles. The van der Waals surface area contributed by atoms with E-state index in [0.717, 1.165) is 19.4 Å². The maximum Gasteiger partial charge on any atom is 0.303 e. The van der Waals surface area contributed by atoms with Crippen LogP contribution in [0.5, 0.6) is 0 Å². The summed E-state index contributed by atoms with van der Waals surface area (Å²) in [5.41, 5.74) is 3.73. The van der Waals surface area contributed by atoms with Crippen LogP contribution in [0.1, 0.15) is 30.4 Å². The van der Waals surface area contributed by atoms with Gasteiger partial charge in [0.25, 0.3) is 0 Å². The highest BCUT2D eigenvalue weighted by Gasteiger charge is 2.45. The van der Waals surface area contributed by atoms with Crippen LogP contribution in [0.4, 0.5) is 5.69 Å². The zero-order valence-electron chi connectivity index (χ0n) is 11.4. The molecule has 1 fully saturated rings. The van der Waals surface area contributed by atoms with Gasteiger partial charge in [-0.15, -0.1) is 0 Å². The number of benzene rings is 1. The van der Waals surface area contributed by atoms with Gasteiger partial charge in [-0.05, 0) is 43.7 Å². The molecule has 1 aliphatic rings. The highest BCUT2D eigenvalue weighted by molar-refractivity contribution is 5.68. The molecule has 0 atom stereocenters. The van der Waals surface area contributed by atoms with E-state index in [2.05, 4.69) is 44.0 Å². The summed E-state index contributed by atoms with van der Waals surface area (Å²) >= 11 is 0. The van der Waals surface area contributed by atoms with Gasteiger partial charge in [-0.1, -0.05) is 17.7 Å². The van der Waals surface area contributed by atoms with E-state index in [1.807, 2.05) is 0 Å². The zero-order valence-corrected chi connectivity index (χ0v) is 11.4. The molecule has 0 bridgehead atoms. The first-order valence-electron chi connectivity index (χ1n) is 6.42. The molecule has 1 aromatic rings. The third-order valence-corrected chi connectivity index (χ3v) is 3.82. The van der Waals surface area contributed by atoms with Crippen molar-refractivity contribution < 1.29 is 9.90 Å². The van der Waals surface area contributed by atoms with E-state index in [1.165, 1.54) is 16.8 Å². The third-order valence-electron chi connectivity index (χ3n) is 3.82. The molecule has 2 rings (SSSR count). The van der Waals surface area contributed by atoms with Crippen molar-refractivity contribution in [3.63, 3.8) is 0 Å². The highest BCUT2D eigenvalue weighted by atomic mass is 16.4. The predicted molar refractivity (Wildman–Crippen MR) is 73.1 cm³/mol. The number of rotatable bonds is 5. The molecule has 0 unspecified atom stereocenters. The molecule has 0 radical (unpaired) electrons. The second kappa shape index (κ2) is 4.63. The SMILES string of the molecule is Cc1ccc(N(C)CC2(CC(=O)O)CC2)c(C)c1. The average molecular weight is 247 g/mol. The second-order valence-corrected chi connectivity index (χ2v) is 5.72. The van der Waals surface area contributed by atoms with Gasteiger partial charge in [-0.25, -0.2) is 0 Å². The van der Waals surface area contributed by atoms with Gasteiger partial charge in [-0.2, -0.15) is 0 Å². The van der Waals surface area contributed by atoms with Crippen molar-refractivity contribution in [2.24, 2.45) is 5.41 Å². The Labute approximate surface area is 108 Å². The average Bonchev–Trinajstić information content (AvgIpc) is 2.95. The number of hydrogen-bond donors (Lipinski definition) is 1. The van der Waals surface area contributed by atoms with Crippen LogP contribution >= 0.6 is 0 Å². The van der Waals surface area contributed by atoms with Crippen molar-refractivity contribution in [3.8, 4) is 0 Å². The van der Waals surface area contributed by atoms with Gasteiger partial charge in [0.15, 0.2) is 0 Å². The lowest BCUT2D eigenvalue weighted by Gasteiger charge is -2.26. The first kappa shape index (κ1) is 12.9. The summed E-state index contributed by atoms with van der Waals surface area (Å²) in [7, 11) is 2.06. The summed E-state index contributed by atoms with van der Waals surface area (Å²) in [5.74, 6) is -0.679. The third kappa shape index (κ3) is 2.84. The van der Waals surface area contributed by atoms with Crippen molar-refractivity contribution >= 4 is 11.7 Å². The lowest BCUT2D eigenvalue weighted by atomic mass is 10.0. The molecule has 3 heteroatoms. The van der Waals surface area contributed by atoms with E-state index >= 15 is 0 Å². The molecule has 3 nitrogen and oxygen atoms in total. The number of hydrogen-bond acceptors (Lipinski definition) is 2. The predicted octanol–water partition coefficient (Wildman–Crippen LogP) is 2.99. The molecule has 0 aliphatic heterocycles. The fourth-order valence-electron chi connectivity index (χ4n) is 2.71. The Bertz CT molecular complexity index is 464. The number of aliphatic carboxylic acids is 1. The number of aryl methyl sites for hydroxylation is 2. The van der Waals surface area contributed by atoms with Gasteiger partial charge in [0.1, 0.15) is 0 Å². The van der Waals surface area contributed by atoms with E-state index in [4.69, 9.17) is 5.11 Å². The van der Waals surface area contributed by atoms with Gasteiger partial charge in [-0.3, -0.25) is 4.79 Å². The van der Waals surface area contributed by atoms with Crippen LogP contribution in [-0.2, 0) is 4.79 Å². The largest absolute Gasteiger partial charge is 0.481 e. The standard InChI is InChI=1S/C15H21NO2/c1-11-4-5-13(12(2)8-11)16(3)10-15(6-7-15)9-14(17)18/h4-5,8H,6-7,9-10H2,1-3H3,(H,17,18). The van der Waals surface area contributed by atoms with Crippen molar-refractivity contribution in [1.29, 1.82) is 0 Å². The van der Waals surface area contributed by atoms with E-state index in [1.54, 1.807) is 0 Å². The van der Waals surface area contributed by atoms with E-state index in [0.29, 0.717) is 6.42 Å². The Hall–Kier alpha value is -1.51. The summed E-state index contributed by atoms with van der Waals surface area (Å²) in [5, 5.41) is 8.95. The van der Waals surface area contributed by atoms with Crippen molar-refractivity contribution in [2.75, 3.05) is 18.5 Å². The molecule has 1 N–H and O–H groups in total. The Morgan fingerprint density at radius 3 is 2.56 bits per heavy atom. The van der Waals surface area contributed by atoms with Crippen LogP contribution in [0.2, 0.25) is 0 Å². The summed E-state index contributed by atoms with van der Waals surface area (Å²) in [4.78, 5) is 13.1. The van der Waals surface area contributed by atoms with Gasteiger partial charge in [0, 0.05) is 19.3 Å². The summed E-state index contributed by atoms with van der Waals surface area (Å²) in [6.45, 7) is 5.03. The summed E-state index contributed by atoms with van der Waals surface area (Å²) in [6.07, 6.45) is 2.37. The van der Waals surface area contributed by atoms with Crippen LogP contribution in [-0.4, -0.2) is 24.7 Å². The molecule has 1 aromatic carbocycles. The number of carboxylic acids is 1. The molecular formula is C15H21NO2. The molecule has 1 aliphatic carbocycles. The smallest absolute Gasteiger partial charge is 0.303 e. The molecule has 0 heterocycles. The number of carboxylic acid groups (broad SMARTS) is 1. The Balaban J connectivity index is 2.08. The van der Waals surface area contributed by atoms with Gasteiger partial charge in [0.05, 0.1) is 6.42 Å². The van der Waals surface area contributed by atoms with Gasteiger partial charge in [0.2, 0.25) is 0 Å². The fraction of sp³-hybridized carbons (Fsp3) is 0.533. The van der Waals surface area contributed by atoms with Crippen LogP contribution in [0.15, 0.2) is 18.2 Å². The van der Waals surface area contributed by atoms with Crippen molar-refractivity contribution in [2.45, 2.75) is 33.1 Å². The van der Waals surface area contributed by atoms with Gasteiger partial charge >= 0.3 is 5.97 Å². The van der Waals surface area contributed by atoms with Crippen molar-refractivity contribution in [1.82, 2.24) is 0 Å². The van der Waals surface area contributed by atoms with E-state index in [9.17, 15) is 4.79 Å². The number of anilines is 1. The molecule has 98 valence electrons. The van der Waals surface area contributed by atoms with Crippen LogP contribution in [0, 0.1) is 19.3 Å². The van der Waals surface area contributed by atoms with Crippen molar-refractivity contribution in [3.05, 3.63) is 29.3 Å². The van der Waals surface area contributed by atoms with E-state index < -0.39 is 5.97 Å². The lowest BCUT2D eigenvalue weighted by molar-refractivity contribution is -0.138. The number of nitrogens with zero attached hydrogens (tertiary/aromatic N) is 1. The Kier molecular flexibility index (Phi) is 3.33. The number of carbonyl (C=O) groups is 1. The normalized spacial score (nSPS) is 16.4. The van der Waals surface area contributed by atoms with Crippen LogP contribution < -0.4 is 4.90 Å². The maximum absolute atomic E-state index is 10.9. The Morgan fingerprint density at radius 2 is 2.06 bits per heavy atom. The van der Waals surface area contributed by atoms with Gasteiger partial charge < -0.3 is 10.0 Å². The van der Waals surface area contributed by atoms with Crippen LogP contribution in [0.3, 0.4) is 0 Å². The minimum absolute atomic E-state index is 0.0118. The van der Waals surface area contributed by atoms with Crippen LogP contribution in [0.25, 0.3) is 0 Å². The highest BCUT2D eigenvalue weighted by Crippen LogP contribution is 2.49. The molecule has 0 spiro atoms. The molecule has 1 saturated carbocycles. The summed E-state index contributed by atoms with van der Waals surface area (Å²) in [6, 6.07) is 6.40. The summed E-state index contributed by atoms with van der Waals surface area (Å²) < 4.78 is 0. The minimum atomic E-state index is -0.679. The quantitative estimate of drug-likeness (QED) is 0.869. The maximum atomic E-state index is 10.9. The molecular weight excluding hydrogens is 226 g/mol. The fourth-order valence-corrected chi connectivity index (χ4v) is 2.71.